The van der Waals surface area contributed by atoms with Gasteiger partial charge in [-0.25, -0.2) is 8.78 Å². The van der Waals surface area contributed by atoms with E-state index in [2.05, 4.69) is 12.2 Å². The molecule has 2 unspecified atom stereocenters. The quantitative estimate of drug-likeness (QED) is 0.753. The van der Waals surface area contributed by atoms with Crippen LogP contribution in [0.25, 0.3) is 0 Å². The molecule has 1 aromatic carbocycles. The van der Waals surface area contributed by atoms with E-state index in [4.69, 9.17) is 0 Å². The van der Waals surface area contributed by atoms with Gasteiger partial charge in [-0.2, -0.15) is 0 Å². The van der Waals surface area contributed by atoms with E-state index in [-0.39, 0.29) is 6.04 Å². The first-order chi connectivity index (χ1) is 8.06. The highest BCUT2D eigenvalue weighted by molar-refractivity contribution is 5.21. The lowest BCUT2D eigenvalue weighted by Gasteiger charge is -2.20. The van der Waals surface area contributed by atoms with Crippen LogP contribution in [0.15, 0.2) is 18.2 Å². The molecule has 2 nitrogen and oxygen atoms in total. The molecule has 96 valence electrons. The first kappa shape index (κ1) is 14.1. The van der Waals surface area contributed by atoms with Gasteiger partial charge in [-0.3, -0.25) is 0 Å². The number of aliphatic hydroxyl groups excluding tert-OH is 1. The minimum absolute atomic E-state index is 0.189. The second-order valence-corrected chi connectivity index (χ2v) is 4.21. The van der Waals surface area contributed by atoms with E-state index >= 15 is 0 Å². The van der Waals surface area contributed by atoms with Crippen LogP contribution in [0.2, 0.25) is 0 Å². The summed E-state index contributed by atoms with van der Waals surface area (Å²) in [5, 5.41) is 13.1. The predicted octanol–water partition coefficient (Wildman–Crippen LogP) is 2.78. The molecular formula is C13H19F2NO. The number of hydrogen-bond donors (Lipinski definition) is 2. The van der Waals surface area contributed by atoms with Crippen LogP contribution in [0.3, 0.4) is 0 Å². The van der Waals surface area contributed by atoms with Crippen molar-refractivity contribution < 1.29 is 13.9 Å². The highest BCUT2D eigenvalue weighted by Gasteiger charge is 2.17. The maximum Gasteiger partial charge on any atom is 0.159 e. The zero-order chi connectivity index (χ0) is 12.8. The number of hydrogen-bond acceptors (Lipinski definition) is 2. The summed E-state index contributed by atoms with van der Waals surface area (Å²) in [7, 11) is 0. The number of unbranched alkanes of at least 4 members (excludes halogenated alkanes) is 1. The van der Waals surface area contributed by atoms with Crippen molar-refractivity contribution in [1.29, 1.82) is 0 Å². The van der Waals surface area contributed by atoms with E-state index in [0.29, 0.717) is 5.56 Å². The molecule has 0 saturated carbocycles. The van der Waals surface area contributed by atoms with Crippen molar-refractivity contribution in [3.63, 3.8) is 0 Å². The second kappa shape index (κ2) is 6.67. The summed E-state index contributed by atoms with van der Waals surface area (Å²) in [5.74, 6) is -1.82. The number of aliphatic hydroxyl groups is 1. The maximum atomic E-state index is 13.0. The highest BCUT2D eigenvalue weighted by Crippen LogP contribution is 2.19. The van der Waals surface area contributed by atoms with Gasteiger partial charge in [0, 0.05) is 6.04 Å². The van der Waals surface area contributed by atoms with Gasteiger partial charge in [0.25, 0.3) is 0 Å². The Morgan fingerprint density at radius 1 is 1.29 bits per heavy atom. The monoisotopic (exact) mass is 243 g/mol. The molecule has 17 heavy (non-hydrogen) atoms. The van der Waals surface area contributed by atoms with Crippen LogP contribution in [0.5, 0.6) is 0 Å². The molecule has 1 rings (SSSR count). The molecule has 2 N–H and O–H groups in total. The largest absolute Gasteiger partial charge is 0.387 e. The Labute approximate surface area is 101 Å². The highest BCUT2D eigenvalue weighted by atomic mass is 19.2. The number of nitrogens with one attached hydrogen (secondary N) is 1. The zero-order valence-corrected chi connectivity index (χ0v) is 10.2. The Kier molecular flexibility index (Phi) is 5.51. The molecule has 0 spiro atoms. The van der Waals surface area contributed by atoms with Gasteiger partial charge in [-0.15, -0.1) is 0 Å². The third-order valence-electron chi connectivity index (χ3n) is 2.76. The molecule has 0 aliphatic carbocycles. The molecule has 0 saturated heterocycles. The second-order valence-electron chi connectivity index (χ2n) is 4.21. The molecule has 0 fully saturated rings. The molecule has 1 aromatic rings. The first-order valence-corrected chi connectivity index (χ1v) is 5.92. The van der Waals surface area contributed by atoms with Crippen LogP contribution in [0, 0.1) is 11.6 Å². The maximum absolute atomic E-state index is 13.0. The van der Waals surface area contributed by atoms with E-state index in [0.717, 1.165) is 31.5 Å². The fourth-order valence-corrected chi connectivity index (χ4v) is 1.60. The Hall–Kier alpha value is -1.00. The number of rotatable bonds is 6. The average Bonchev–Trinajstić information content (AvgIpc) is 2.32. The Balaban J connectivity index is 2.61. The Morgan fingerprint density at radius 3 is 2.59 bits per heavy atom. The molecule has 0 aliphatic heterocycles. The van der Waals surface area contributed by atoms with Gasteiger partial charge in [0.1, 0.15) is 0 Å². The SMILES string of the molecule is CCCCNC(C)C(O)c1ccc(F)c(F)c1. The molecule has 0 aliphatic rings. The van der Waals surface area contributed by atoms with Crippen LogP contribution in [0.1, 0.15) is 38.4 Å². The Bertz CT molecular complexity index is 357. The average molecular weight is 243 g/mol. The normalized spacial score (nSPS) is 14.6. The van der Waals surface area contributed by atoms with E-state index in [9.17, 15) is 13.9 Å². The van der Waals surface area contributed by atoms with E-state index < -0.39 is 17.7 Å². The summed E-state index contributed by atoms with van der Waals surface area (Å²) in [6.07, 6.45) is 1.26. The van der Waals surface area contributed by atoms with Crippen molar-refractivity contribution in [3.8, 4) is 0 Å². The summed E-state index contributed by atoms with van der Waals surface area (Å²) in [6.45, 7) is 4.71. The molecule has 0 heterocycles. The molecule has 2 atom stereocenters. The first-order valence-electron chi connectivity index (χ1n) is 5.92. The van der Waals surface area contributed by atoms with Crippen LogP contribution < -0.4 is 5.32 Å². The lowest BCUT2D eigenvalue weighted by molar-refractivity contribution is 0.135. The van der Waals surface area contributed by atoms with Crippen molar-refractivity contribution in [2.24, 2.45) is 0 Å². The minimum atomic E-state index is -0.928. The van der Waals surface area contributed by atoms with Gasteiger partial charge in [0.2, 0.25) is 0 Å². The van der Waals surface area contributed by atoms with Crippen LogP contribution in [-0.2, 0) is 0 Å². The topological polar surface area (TPSA) is 32.3 Å². The van der Waals surface area contributed by atoms with Gasteiger partial charge >= 0.3 is 0 Å². The Morgan fingerprint density at radius 2 is 2.00 bits per heavy atom. The summed E-state index contributed by atoms with van der Waals surface area (Å²) >= 11 is 0. The number of benzene rings is 1. The predicted molar refractivity (Wildman–Crippen MR) is 63.7 cm³/mol. The van der Waals surface area contributed by atoms with E-state index in [1.807, 2.05) is 6.92 Å². The molecule has 0 radical (unpaired) electrons. The summed E-state index contributed by atoms with van der Waals surface area (Å²) < 4.78 is 25.7. The molecule has 0 aromatic heterocycles. The van der Waals surface area contributed by atoms with Crippen molar-refractivity contribution in [2.45, 2.75) is 38.8 Å². The lowest BCUT2D eigenvalue weighted by Crippen LogP contribution is -2.32. The van der Waals surface area contributed by atoms with Crippen molar-refractivity contribution >= 4 is 0 Å². The van der Waals surface area contributed by atoms with Gasteiger partial charge in [0.05, 0.1) is 6.10 Å². The van der Waals surface area contributed by atoms with Crippen molar-refractivity contribution in [1.82, 2.24) is 5.32 Å². The van der Waals surface area contributed by atoms with Crippen LogP contribution in [0.4, 0.5) is 8.78 Å². The molecular weight excluding hydrogens is 224 g/mol. The van der Waals surface area contributed by atoms with Gasteiger partial charge < -0.3 is 10.4 Å². The van der Waals surface area contributed by atoms with Gasteiger partial charge in [-0.05, 0) is 37.6 Å². The number of halogens is 2. The van der Waals surface area contributed by atoms with Crippen molar-refractivity contribution in [3.05, 3.63) is 35.4 Å². The third kappa shape index (κ3) is 4.06. The van der Waals surface area contributed by atoms with E-state index in [1.54, 1.807) is 0 Å². The van der Waals surface area contributed by atoms with Crippen LogP contribution >= 0.6 is 0 Å². The van der Waals surface area contributed by atoms with Crippen molar-refractivity contribution in [2.75, 3.05) is 6.54 Å². The van der Waals surface area contributed by atoms with E-state index in [1.165, 1.54) is 6.07 Å². The zero-order valence-electron chi connectivity index (χ0n) is 10.2. The standard InChI is InChI=1S/C13H19F2NO/c1-3-4-7-16-9(2)13(17)10-5-6-11(14)12(15)8-10/h5-6,8-9,13,16-17H,3-4,7H2,1-2H3. The van der Waals surface area contributed by atoms with Gasteiger partial charge in [0.15, 0.2) is 11.6 Å². The molecule has 0 amide bonds. The fraction of sp³-hybridized carbons (Fsp3) is 0.538. The summed E-state index contributed by atoms with van der Waals surface area (Å²) in [4.78, 5) is 0. The summed E-state index contributed by atoms with van der Waals surface area (Å²) in [6, 6.07) is 3.29. The molecule has 0 bridgehead atoms. The lowest BCUT2D eigenvalue weighted by atomic mass is 10.0. The van der Waals surface area contributed by atoms with Crippen LogP contribution in [-0.4, -0.2) is 17.7 Å². The molecule has 4 heteroatoms. The fourth-order valence-electron chi connectivity index (χ4n) is 1.60. The smallest absolute Gasteiger partial charge is 0.159 e. The summed E-state index contributed by atoms with van der Waals surface area (Å²) in [5.41, 5.74) is 0.389. The third-order valence-corrected chi connectivity index (χ3v) is 2.76. The minimum Gasteiger partial charge on any atom is -0.387 e. The van der Waals surface area contributed by atoms with Gasteiger partial charge in [-0.1, -0.05) is 19.4 Å².